The standard InChI is InChI=1S/C17H19ClN2O4/c1-22-14-6-4-11(8-13(14)18)19-10-17(21)20-12-5-7-15(23-2)16(9-12)24-3/h4-9,19H,10H2,1-3H3,(H,20,21). The molecule has 0 bridgehead atoms. The van der Waals surface area contributed by atoms with Crippen molar-refractivity contribution in [3.8, 4) is 17.2 Å². The minimum absolute atomic E-state index is 0.0942. The van der Waals surface area contributed by atoms with Crippen LogP contribution in [0.15, 0.2) is 36.4 Å². The summed E-state index contributed by atoms with van der Waals surface area (Å²) in [6.07, 6.45) is 0. The molecule has 0 saturated heterocycles. The van der Waals surface area contributed by atoms with E-state index < -0.39 is 0 Å². The number of nitrogens with one attached hydrogen (secondary N) is 2. The summed E-state index contributed by atoms with van der Waals surface area (Å²) in [6, 6.07) is 10.4. The molecule has 0 fully saturated rings. The van der Waals surface area contributed by atoms with Crippen LogP contribution < -0.4 is 24.8 Å². The Bertz CT molecular complexity index is 722. The molecule has 0 aromatic heterocycles. The molecule has 24 heavy (non-hydrogen) atoms. The van der Waals surface area contributed by atoms with E-state index in [1.807, 2.05) is 0 Å². The first-order valence-electron chi connectivity index (χ1n) is 7.16. The van der Waals surface area contributed by atoms with Gasteiger partial charge in [0, 0.05) is 17.4 Å². The quantitative estimate of drug-likeness (QED) is 0.800. The van der Waals surface area contributed by atoms with Gasteiger partial charge in [-0.05, 0) is 30.3 Å². The summed E-state index contributed by atoms with van der Waals surface area (Å²) < 4.78 is 15.4. The maximum atomic E-state index is 12.0. The Labute approximate surface area is 145 Å². The van der Waals surface area contributed by atoms with Crippen molar-refractivity contribution in [3.05, 3.63) is 41.4 Å². The van der Waals surface area contributed by atoms with Crippen LogP contribution in [0.25, 0.3) is 0 Å². The molecule has 2 aromatic carbocycles. The number of halogens is 1. The van der Waals surface area contributed by atoms with Gasteiger partial charge in [0.25, 0.3) is 0 Å². The first-order valence-corrected chi connectivity index (χ1v) is 7.54. The van der Waals surface area contributed by atoms with Crippen molar-refractivity contribution in [2.75, 3.05) is 38.5 Å². The molecule has 0 heterocycles. The molecule has 2 aromatic rings. The van der Waals surface area contributed by atoms with Crippen LogP contribution in [0.2, 0.25) is 5.02 Å². The van der Waals surface area contributed by atoms with Crippen LogP contribution in [0.4, 0.5) is 11.4 Å². The fourth-order valence-electron chi connectivity index (χ4n) is 2.08. The molecule has 2 rings (SSSR count). The van der Waals surface area contributed by atoms with Crippen molar-refractivity contribution >= 4 is 28.9 Å². The minimum Gasteiger partial charge on any atom is -0.495 e. The summed E-state index contributed by atoms with van der Waals surface area (Å²) in [5.74, 6) is 1.53. The zero-order chi connectivity index (χ0) is 17.5. The second kappa shape index (κ2) is 8.31. The summed E-state index contributed by atoms with van der Waals surface area (Å²) >= 11 is 6.05. The highest BCUT2D eigenvalue weighted by Gasteiger charge is 2.08. The van der Waals surface area contributed by atoms with Crippen LogP contribution in [0.5, 0.6) is 17.2 Å². The number of carbonyl (C=O) groups is 1. The Morgan fingerprint density at radius 3 is 2.17 bits per heavy atom. The van der Waals surface area contributed by atoms with E-state index in [0.717, 1.165) is 5.69 Å². The summed E-state index contributed by atoms with van der Waals surface area (Å²) in [5, 5.41) is 6.26. The van der Waals surface area contributed by atoms with Crippen LogP contribution in [0.3, 0.4) is 0 Å². The van der Waals surface area contributed by atoms with Crippen molar-refractivity contribution in [1.82, 2.24) is 0 Å². The Morgan fingerprint density at radius 2 is 1.54 bits per heavy atom. The number of amides is 1. The number of ether oxygens (including phenoxy) is 3. The molecule has 128 valence electrons. The Kier molecular flexibility index (Phi) is 6.14. The first kappa shape index (κ1) is 17.7. The maximum Gasteiger partial charge on any atom is 0.243 e. The molecule has 6 nitrogen and oxygen atoms in total. The summed E-state index contributed by atoms with van der Waals surface area (Å²) in [7, 11) is 4.64. The van der Waals surface area contributed by atoms with Crippen LogP contribution in [-0.2, 0) is 4.79 Å². The number of anilines is 2. The molecule has 7 heteroatoms. The highest BCUT2D eigenvalue weighted by molar-refractivity contribution is 6.32. The summed E-state index contributed by atoms with van der Waals surface area (Å²) in [6.45, 7) is 0.0942. The third-order valence-corrected chi connectivity index (χ3v) is 3.57. The van der Waals surface area contributed by atoms with Gasteiger partial charge in [-0.2, -0.15) is 0 Å². The average molecular weight is 351 g/mol. The van der Waals surface area contributed by atoms with Crippen molar-refractivity contribution in [2.45, 2.75) is 0 Å². The Hall–Kier alpha value is -2.60. The van der Waals surface area contributed by atoms with Crippen LogP contribution in [0, 0.1) is 0 Å². The maximum absolute atomic E-state index is 12.0. The molecule has 2 N–H and O–H groups in total. The van der Waals surface area contributed by atoms with Gasteiger partial charge in [-0.1, -0.05) is 11.6 Å². The molecular formula is C17H19ClN2O4. The normalized spacial score (nSPS) is 10.0. The highest BCUT2D eigenvalue weighted by atomic mass is 35.5. The van der Waals surface area contributed by atoms with E-state index in [9.17, 15) is 4.79 Å². The number of hydrogen-bond acceptors (Lipinski definition) is 5. The number of benzene rings is 2. The molecule has 0 aliphatic carbocycles. The van der Waals surface area contributed by atoms with Gasteiger partial charge in [0.2, 0.25) is 5.91 Å². The van der Waals surface area contributed by atoms with Crippen LogP contribution >= 0.6 is 11.6 Å². The lowest BCUT2D eigenvalue weighted by Gasteiger charge is -2.12. The molecule has 0 aliphatic rings. The van der Waals surface area contributed by atoms with Gasteiger partial charge in [-0.3, -0.25) is 4.79 Å². The molecule has 0 unspecified atom stereocenters. The van der Waals surface area contributed by atoms with Crippen molar-refractivity contribution in [3.63, 3.8) is 0 Å². The Morgan fingerprint density at radius 1 is 0.917 bits per heavy atom. The fourth-order valence-corrected chi connectivity index (χ4v) is 2.34. The first-order chi connectivity index (χ1) is 11.6. The second-order valence-corrected chi connectivity index (χ2v) is 5.23. The number of carbonyl (C=O) groups excluding carboxylic acids is 1. The molecule has 0 atom stereocenters. The smallest absolute Gasteiger partial charge is 0.243 e. The SMILES string of the molecule is COc1ccc(NCC(=O)Nc2ccc(OC)c(OC)c2)cc1Cl. The highest BCUT2D eigenvalue weighted by Crippen LogP contribution is 2.30. The van der Waals surface area contributed by atoms with E-state index in [1.54, 1.807) is 57.7 Å². The lowest BCUT2D eigenvalue weighted by atomic mass is 10.2. The van der Waals surface area contributed by atoms with E-state index >= 15 is 0 Å². The van der Waals surface area contributed by atoms with E-state index in [1.165, 1.54) is 0 Å². The number of hydrogen-bond donors (Lipinski definition) is 2. The third-order valence-electron chi connectivity index (χ3n) is 3.27. The van der Waals surface area contributed by atoms with Gasteiger partial charge in [0.05, 0.1) is 32.9 Å². The van der Waals surface area contributed by atoms with Crippen molar-refractivity contribution in [2.24, 2.45) is 0 Å². The van der Waals surface area contributed by atoms with Gasteiger partial charge in [-0.25, -0.2) is 0 Å². The zero-order valence-electron chi connectivity index (χ0n) is 13.7. The molecule has 0 saturated carbocycles. The third kappa shape index (κ3) is 4.45. The predicted molar refractivity (Wildman–Crippen MR) is 94.7 cm³/mol. The van der Waals surface area contributed by atoms with Gasteiger partial charge < -0.3 is 24.8 Å². The minimum atomic E-state index is -0.200. The number of methoxy groups -OCH3 is 3. The second-order valence-electron chi connectivity index (χ2n) is 4.82. The predicted octanol–water partition coefficient (Wildman–Crippen LogP) is 3.42. The zero-order valence-corrected chi connectivity index (χ0v) is 14.4. The van der Waals surface area contributed by atoms with E-state index in [2.05, 4.69) is 10.6 Å². The van der Waals surface area contributed by atoms with Gasteiger partial charge in [0.15, 0.2) is 11.5 Å². The fraction of sp³-hybridized carbons (Fsp3) is 0.235. The molecule has 1 amide bonds. The van der Waals surface area contributed by atoms with E-state index in [-0.39, 0.29) is 12.5 Å². The van der Waals surface area contributed by atoms with E-state index in [4.69, 9.17) is 25.8 Å². The van der Waals surface area contributed by atoms with Crippen molar-refractivity contribution in [1.29, 1.82) is 0 Å². The topological polar surface area (TPSA) is 68.8 Å². The molecule has 0 aliphatic heterocycles. The summed E-state index contributed by atoms with van der Waals surface area (Å²) in [5.41, 5.74) is 1.34. The lowest BCUT2D eigenvalue weighted by Crippen LogP contribution is -2.21. The lowest BCUT2D eigenvalue weighted by molar-refractivity contribution is -0.114. The summed E-state index contributed by atoms with van der Waals surface area (Å²) in [4.78, 5) is 12.0. The van der Waals surface area contributed by atoms with Gasteiger partial charge >= 0.3 is 0 Å². The largest absolute Gasteiger partial charge is 0.495 e. The van der Waals surface area contributed by atoms with Crippen LogP contribution in [-0.4, -0.2) is 33.8 Å². The van der Waals surface area contributed by atoms with Crippen LogP contribution in [0.1, 0.15) is 0 Å². The number of rotatable bonds is 7. The molecular weight excluding hydrogens is 332 g/mol. The Balaban J connectivity index is 1.95. The van der Waals surface area contributed by atoms with Gasteiger partial charge in [-0.15, -0.1) is 0 Å². The van der Waals surface area contributed by atoms with Gasteiger partial charge in [0.1, 0.15) is 5.75 Å². The van der Waals surface area contributed by atoms with Crippen molar-refractivity contribution < 1.29 is 19.0 Å². The van der Waals surface area contributed by atoms with E-state index in [0.29, 0.717) is 28.0 Å². The molecule has 0 radical (unpaired) electrons. The average Bonchev–Trinajstić information content (AvgIpc) is 2.60. The molecule has 0 spiro atoms. The monoisotopic (exact) mass is 350 g/mol.